The maximum Gasteiger partial charge on any atom is 0.204 e. The monoisotopic (exact) mass is 359 g/mol. The number of aromatic nitrogens is 4. The molecular weight excluding hydrogens is 338 g/mol. The van der Waals surface area contributed by atoms with Gasteiger partial charge < -0.3 is 10.1 Å². The van der Waals surface area contributed by atoms with E-state index in [2.05, 4.69) is 69.3 Å². The molecule has 2 aliphatic rings. The van der Waals surface area contributed by atoms with Gasteiger partial charge in [0.25, 0.3) is 0 Å². The highest BCUT2D eigenvalue weighted by Crippen LogP contribution is 2.42. The third kappa shape index (κ3) is 2.92. The molecule has 2 aliphatic heterocycles. The van der Waals surface area contributed by atoms with Crippen LogP contribution < -0.4 is 10.1 Å². The van der Waals surface area contributed by atoms with E-state index in [-0.39, 0.29) is 5.60 Å². The van der Waals surface area contributed by atoms with Gasteiger partial charge in [0.15, 0.2) is 0 Å². The van der Waals surface area contributed by atoms with Crippen molar-refractivity contribution in [2.75, 3.05) is 13.1 Å². The number of ether oxygens (including phenoxy) is 1. The molecule has 0 amide bonds. The van der Waals surface area contributed by atoms with Crippen LogP contribution >= 0.6 is 0 Å². The maximum absolute atomic E-state index is 6.46. The summed E-state index contributed by atoms with van der Waals surface area (Å²) in [6.07, 6.45) is 4.28. The van der Waals surface area contributed by atoms with Crippen molar-refractivity contribution in [3.63, 3.8) is 0 Å². The largest absolute Gasteiger partial charge is 0.482 e. The second-order valence-electron chi connectivity index (χ2n) is 7.15. The molecule has 1 N–H and O–H groups in total. The first-order valence-corrected chi connectivity index (χ1v) is 9.29. The molecule has 0 unspecified atom stereocenters. The molecule has 6 heteroatoms. The second-order valence-corrected chi connectivity index (χ2v) is 7.15. The predicted molar refractivity (Wildman–Crippen MR) is 103 cm³/mol. The van der Waals surface area contributed by atoms with Crippen molar-refractivity contribution >= 4 is 5.57 Å². The zero-order chi connectivity index (χ0) is 18.3. The van der Waals surface area contributed by atoms with Crippen LogP contribution in [0, 0.1) is 0 Å². The maximum atomic E-state index is 6.46. The van der Waals surface area contributed by atoms with E-state index in [1.54, 1.807) is 7.05 Å². The second kappa shape index (κ2) is 6.32. The smallest absolute Gasteiger partial charge is 0.204 e. The highest BCUT2D eigenvalue weighted by Gasteiger charge is 2.36. The fraction of sp³-hybridized carbons (Fsp3) is 0.286. The SMILES string of the molecule is Cn1nnc(-c2ccc(C3=CC4(CCNCC4)Oc4ccccc43)cc2)n1. The van der Waals surface area contributed by atoms with Crippen LogP contribution in [0.1, 0.15) is 24.0 Å². The highest BCUT2D eigenvalue weighted by molar-refractivity contribution is 5.85. The average molecular weight is 359 g/mol. The molecular formula is C21H21N5O. The molecule has 0 atom stereocenters. The lowest BCUT2D eigenvalue weighted by Crippen LogP contribution is -2.46. The van der Waals surface area contributed by atoms with E-state index >= 15 is 0 Å². The number of nitrogens with zero attached hydrogens (tertiary/aromatic N) is 4. The molecule has 136 valence electrons. The van der Waals surface area contributed by atoms with Crippen molar-refractivity contribution < 1.29 is 4.74 Å². The van der Waals surface area contributed by atoms with Crippen LogP contribution in [0.2, 0.25) is 0 Å². The van der Waals surface area contributed by atoms with E-state index in [0.29, 0.717) is 5.82 Å². The lowest BCUT2D eigenvalue weighted by atomic mass is 9.83. The van der Waals surface area contributed by atoms with E-state index < -0.39 is 0 Å². The number of nitrogens with one attached hydrogen (secondary N) is 1. The number of para-hydroxylation sites is 1. The molecule has 0 bridgehead atoms. The molecule has 1 fully saturated rings. The van der Waals surface area contributed by atoms with Gasteiger partial charge in [0.05, 0.1) is 7.05 Å². The van der Waals surface area contributed by atoms with Gasteiger partial charge in [-0.25, -0.2) is 0 Å². The third-order valence-corrected chi connectivity index (χ3v) is 5.31. The number of aryl methyl sites for hydroxylation is 1. The van der Waals surface area contributed by atoms with Crippen molar-refractivity contribution in [1.82, 2.24) is 25.5 Å². The zero-order valence-corrected chi connectivity index (χ0v) is 15.2. The van der Waals surface area contributed by atoms with Gasteiger partial charge >= 0.3 is 0 Å². The molecule has 2 aromatic carbocycles. The molecule has 5 rings (SSSR count). The molecule has 0 radical (unpaired) electrons. The summed E-state index contributed by atoms with van der Waals surface area (Å²) in [4.78, 5) is 1.47. The molecule has 6 nitrogen and oxygen atoms in total. The van der Waals surface area contributed by atoms with Crippen LogP contribution in [-0.2, 0) is 7.05 Å². The topological polar surface area (TPSA) is 64.9 Å². The summed E-state index contributed by atoms with van der Waals surface area (Å²) in [5.74, 6) is 1.61. The summed E-state index contributed by atoms with van der Waals surface area (Å²) in [5.41, 5.74) is 4.30. The van der Waals surface area contributed by atoms with Gasteiger partial charge in [-0.2, -0.15) is 4.80 Å². The lowest BCUT2D eigenvalue weighted by Gasteiger charge is -2.40. The summed E-state index contributed by atoms with van der Waals surface area (Å²) >= 11 is 0. The Morgan fingerprint density at radius 3 is 2.48 bits per heavy atom. The number of hydrogen-bond acceptors (Lipinski definition) is 5. The Morgan fingerprint density at radius 1 is 1.00 bits per heavy atom. The number of fused-ring (bicyclic) bond motifs is 1. The van der Waals surface area contributed by atoms with E-state index in [1.165, 1.54) is 15.9 Å². The van der Waals surface area contributed by atoms with Crippen LogP contribution in [0.5, 0.6) is 5.75 Å². The van der Waals surface area contributed by atoms with Crippen molar-refractivity contribution in [1.29, 1.82) is 0 Å². The van der Waals surface area contributed by atoms with E-state index in [4.69, 9.17) is 4.74 Å². The molecule has 0 saturated carbocycles. The van der Waals surface area contributed by atoms with Crippen LogP contribution in [0.15, 0.2) is 54.6 Å². The van der Waals surface area contributed by atoms with Gasteiger partial charge in [0, 0.05) is 24.0 Å². The fourth-order valence-corrected chi connectivity index (χ4v) is 3.90. The summed E-state index contributed by atoms with van der Waals surface area (Å²) in [6, 6.07) is 16.7. The molecule has 3 aromatic rings. The number of benzene rings is 2. The van der Waals surface area contributed by atoms with Crippen LogP contribution in [0.4, 0.5) is 0 Å². The summed E-state index contributed by atoms with van der Waals surface area (Å²) < 4.78 is 6.46. The molecule has 0 aliphatic carbocycles. The van der Waals surface area contributed by atoms with Gasteiger partial charge in [0.2, 0.25) is 5.82 Å². The van der Waals surface area contributed by atoms with Crippen molar-refractivity contribution in [2.45, 2.75) is 18.4 Å². The van der Waals surface area contributed by atoms with E-state index in [0.717, 1.165) is 42.8 Å². The normalized spacial score (nSPS) is 17.9. The van der Waals surface area contributed by atoms with Gasteiger partial charge in [-0.15, -0.1) is 10.2 Å². The Kier molecular flexibility index (Phi) is 3.79. The minimum Gasteiger partial charge on any atom is -0.482 e. The summed E-state index contributed by atoms with van der Waals surface area (Å²) in [5, 5.41) is 15.7. The number of piperidine rings is 1. The number of hydrogen-bond donors (Lipinski definition) is 1. The van der Waals surface area contributed by atoms with Gasteiger partial charge in [-0.3, -0.25) is 0 Å². The van der Waals surface area contributed by atoms with E-state index in [9.17, 15) is 0 Å². The molecule has 1 spiro atoms. The quantitative estimate of drug-likeness (QED) is 0.762. The third-order valence-electron chi connectivity index (χ3n) is 5.31. The zero-order valence-electron chi connectivity index (χ0n) is 15.2. The van der Waals surface area contributed by atoms with Gasteiger partial charge in [-0.1, -0.05) is 42.5 Å². The molecule has 3 heterocycles. The van der Waals surface area contributed by atoms with Gasteiger partial charge in [0.1, 0.15) is 11.4 Å². The Bertz CT molecular complexity index is 999. The first-order chi connectivity index (χ1) is 13.2. The standard InChI is InChI=1S/C21H21N5O/c1-26-24-20(23-25-26)16-8-6-15(7-9-16)18-14-21(10-12-22-13-11-21)27-19-5-3-2-4-17(18)19/h2-9,14,22H,10-13H2,1H3. The van der Waals surface area contributed by atoms with Crippen LogP contribution in [0.25, 0.3) is 17.0 Å². The number of tetrazole rings is 1. The van der Waals surface area contributed by atoms with Crippen LogP contribution in [-0.4, -0.2) is 38.9 Å². The summed E-state index contributed by atoms with van der Waals surface area (Å²) in [6.45, 7) is 1.95. The number of rotatable bonds is 2. The van der Waals surface area contributed by atoms with Crippen molar-refractivity contribution in [2.24, 2.45) is 7.05 Å². The Labute approximate surface area is 157 Å². The minimum atomic E-state index is -0.222. The first-order valence-electron chi connectivity index (χ1n) is 9.29. The minimum absolute atomic E-state index is 0.222. The lowest BCUT2D eigenvalue weighted by molar-refractivity contribution is 0.0817. The molecule has 27 heavy (non-hydrogen) atoms. The van der Waals surface area contributed by atoms with E-state index in [1.807, 2.05) is 6.07 Å². The Hall–Kier alpha value is -2.99. The predicted octanol–water partition coefficient (Wildman–Crippen LogP) is 2.82. The average Bonchev–Trinajstić information content (AvgIpc) is 3.14. The molecule has 1 aromatic heterocycles. The van der Waals surface area contributed by atoms with Gasteiger partial charge in [-0.05, 0) is 41.6 Å². The van der Waals surface area contributed by atoms with Crippen molar-refractivity contribution in [3.05, 3.63) is 65.7 Å². The first kappa shape index (κ1) is 16.2. The summed E-state index contributed by atoms with van der Waals surface area (Å²) in [7, 11) is 1.77. The Balaban J connectivity index is 1.57. The molecule has 1 saturated heterocycles. The van der Waals surface area contributed by atoms with Crippen molar-refractivity contribution in [3.8, 4) is 17.1 Å². The highest BCUT2D eigenvalue weighted by atomic mass is 16.5. The van der Waals surface area contributed by atoms with Crippen LogP contribution in [0.3, 0.4) is 0 Å². The fourth-order valence-electron chi connectivity index (χ4n) is 3.90. The Morgan fingerprint density at radius 2 is 1.74 bits per heavy atom.